The van der Waals surface area contributed by atoms with Crippen LogP contribution < -0.4 is 14.4 Å². The highest BCUT2D eigenvalue weighted by Gasteiger charge is 2.19. The Kier molecular flexibility index (Phi) is 6.62. The second-order valence-corrected chi connectivity index (χ2v) is 7.94. The zero-order valence-electron chi connectivity index (χ0n) is 16.4. The summed E-state index contributed by atoms with van der Waals surface area (Å²) in [7, 11) is 1.74. The highest BCUT2D eigenvalue weighted by atomic mass is 32.2. The molecule has 28 heavy (non-hydrogen) atoms. The van der Waals surface area contributed by atoms with Crippen molar-refractivity contribution in [3.05, 3.63) is 48.0 Å². The molecule has 2 aromatic rings. The lowest BCUT2D eigenvalue weighted by molar-refractivity contribution is 0.214. The summed E-state index contributed by atoms with van der Waals surface area (Å²) in [5.74, 6) is 1.97. The van der Waals surface area contributed by atoms with Gasteiger partial charge in [-0.1, -0.05) is 24.3 Å². The van der Waals surface area contributed by atoms with E-state index < -0.39 is 0 Å². The van der Waals surface area contributed by atoms with Crippen molar-refractivity contribution in [2.45, 2.75) is 17.7 Å². The lowest BCUT2D eigenvalue weighted by Gasteiger charge is -2.36. The van der Waals surface area contributed by atoms with Crippen molar-refractivity contribution >= 4 is 17.7 Å². The maximum Gasteiger partial charge on any atom is 0.142 e. The van der Waals surface area contributed by atoms with Gasteiger partial charge in [0.25, 0.3) is 0 Å². The Balaban J connectivity index is 1.21. The SMILES string of the molecule is COc1ccccc1N1CCN(CCOSc2cccc3c2OCCC3)CC1. The minimum absolute atomic E-state index is 0.711. The molecule has 0 amide bonds. The van der Waals surface area contributed by atoms with E-state index in [1.807, 2.05) is 12.1 Å². The van der Waals surface area contributed by atoms with Crippen LogP contribution in [0.3, 0.4) is 0 Å². The maximum absolute atomic E-state index is 5.90. The van der Waals surface area contributed by atoms with Gasteiger partial charge in [-0.15, -0.1) is 0 Å². The van der Waals surface area contributed by atoms with Gasteiger partial charge < -0.3 is 18.6 Å². The Morgan fingerprint density at radius 2 is 1.89 bits per heavy atom. The minimum atomic E-state index is 0.711. The van der Waals surface area contributed by atoms with Crippen molar-refractivity contribution in [1.82, 2.24) is 4.90 Å². The fraction of sp³-hybridized carbons (Fsp3) is 0.455. The summed E-state index contributed by atoms with van der Waals surface area (Å²) in [6.45, 7) is 6.56. The number of piperazine rings is 1. The predicted molar refractivity (Wildman–Crippen MR) is 114 cm³/mol. The van der Waals surface area contributed by atoms with E-state index >= 15 is 0 Å². The second-order valence-electron chi connectivity index (χ2n) is 7.10. The quantitative estimate of drug-likeness (QED) is 0.519. The molecular formula is C22H28N2O3S. The highest BCUT2D eigenvalue weighted by Crippen LogP contribution is 2.36. The lowest BCUT2D eigenvalue weighted by Crippen LogP contribution is -2.47. The van der Waals surface area contributed by atoms with Crippen LogP contribution in [0.5, 0.6) is 11.5 Å². The molecule has 1 fully saturated rings. The van der Waals surface area contributed by atoms with Crippen molar-refractivity contribution in [1.29, 1.82) is 0 Å². The molecule has 2 heterocycles. The van der Waals surface area contributed by atoms with Gasteiger partial charge in [-0.25, -0.2) is 0 Å². The zero-order chi connectivity index (χ0) is 19.2. The van der Waals surface area contributed by atoms with Crippen molar-refractivity contribution in [3.8, 4) is 11.5 Å². The molecule has 5 nitrogen and oxygen atoms in total. The van der Waals surface area contributed by atoms with E-state index in [1.54, 1.807) is 7.11 Å². The number of ether oxygens (including phenoxy) is 2. The number of para-hydroxylation sites is 3. The number of benzene rings is 2. The number of fused-ring (bicyclic) bond motifs is 1. The Hall–Kier alpha value is -1.89. The van der Waals surface area contributed by atoms with Gasteiger partial charge in [0.05, 0.1) is 30.9 Å². The molecule has 150 valence electrons. The van der Waals surface area contributed by atoms with E-state index in [1.165, 1.54) is 23.3 Å². The molecule has 0 radical (unpaired) electrons. The van der Waals surface area contributed by atoms with Crippen LogP contribution >= 0.6 is 12.0 Å². The third-order valence-electron chi connectivity index (χ3n) is 5.34. The van der Waals surface area contributed by atoms with Crippen molar-refractivity contribution in [2.75, 3.05) is 57.9 Å². The largest absolute Gasteiger partial charge is 0.495 e. The normalized spacial score (nSPS) is 17.1. The number of nitrogens with zero attached hydrogens (tertiary/aromatic N) is 2. The number of hydrogen-bond acceptors (Lipinski definition) is 6. The van der Waals surface area contributed by atoms with Crippen LogP contribution in [0.1, 0.15) is 12.0 Å². The first-order valence-corrected chi connectivity index (χ1v) is 10.7. The van der Waals surface area contributed by atoms with Crippen LogP contribution in [-0.2, 0) is 10.6 Å². The summed E-state index contributed by atoms with van der Waals surface area (Å²) in [4.78, 5) is 5.96. The average Bonchev–Trinajstić information content (AvgIpc) is 2.77. The third-order valence-corrected chi connectivity index (χ3v) is 6.12. The van der Waals surface area contributed by atoms with Gasteiger partial charge in [0.1, 0.15) is 11.5 Å². The molecule has 2 aromatic carbocycles. The van der Waals surface area contributed by atoms with Gasteiger partial charge in [0.2, 0.25) is 0 Å². The molecular weight excluding hydrogens is 372 g/mol. The van der Waals surface area contributed by atoms with Crippen molar-refractivity contribution < 1.29 is 13.7 Å². The molecule has 6 heteroatoms. The third kappa shape index (κ3) is 4.57. The molecule has 0 N–H and O–H groups in total. The number of aryl methyl sites for hydroxylation is 1. The fourth-order valence-corrected chi connectivity index (χ4v) is 4.48. The summed E-state index contributed by atoms with van der Waals surface area (Å²) in [6.07, 6.45) is 2.20. The van der Waals surface area contributed by atoms with Crippen molar-refractivity contribution in [2.24, 2.45) is 0 Å². The summed E-state index contributed by atoms with van der Waals surface area (Å²) in [5, 5.41) is 0. The summed E-state index contributed by atoms with van der Waals surface area (Å²) < 4.78 is 17.2. The molecule has 0 spiro atoms. The number of methoxy groups -OCH3 is 1. The van der Waals surface area contributed by atoms with Gasteiger partial charge in [-0.05, 0) is 36.6 Å². The van der Waals surface area contributed by atoms with E-state index in [-0.39, 0.29) is 0 Å². The van der Waals surface area contributed by atoms with Crippen LogP contribution in [0.25, 0.3) is 0 Å². The second kappa shape index (κ2) is 9.54. The Bertz CT molecular complexity index is 778. The van der Waals surface area contributed by atoms with E-state index in [9.17, 15) is 0 Å². The average molecular weight is 401 g/mol. The van der Waals surface area contributed by atoms with Crippen LogP contribution in [0.2, 0.25) is 0 Å². The molecule has 0 atom stereocenters. The molecule has 1 saturated heterocycles. The zero-order valence-corrected chi connectivity index (χ0v) is 17.2. The van der Waals surface area contributed by atoms with Gasteiger partial charge in [0.15, 0.2) is 0 Å². The highest BCUT2D eigenvalue weighted by molar-refractivity contribution is 7.94. The Morgan fingerprint density at radius 3 is 2.75 bits per heavy atom. The molecule has 4 rings (SSSR count). The van der Waals surface area contributed by atoms with Gasteiger partial charge >= 0.3 is 0 Å². The van der Waals surface area contributed by atoms with Crippen LogP contribution in [0.15, 0.2) is 47.4 Å². The molecule has 0 saturated carbocycles. The topological polar surface area (TPSA) is 34.2 Å². The minimum Gasteiger partial charge on any atom is -0.495 e. The van der Waals surface area contributed by atoms with E-state index in [0.717, 1.165) is 68.6 Å². The number of rotatable bonds is 7. The molecule has 0 aromatic heterocycles. The molecule has 2 aliphatic heterocycles. The van der Waals surface area contributed by atoms with E-state index in [4.69, 9.17) is 13.7 Å². The van der Waals surface area contributed by atoms with Gasteiger partial charge in [0, 0.05) is 44.8 Å². The standard InChI is InChI=1S/C22H28N2O3S/c1-25-20-9-3-2-8-19(20)24-13-11-23(12-14-24)15-17-27-28-21-10-4-6-18-7-5-16-26-22(18)21/h2-4,6,8-10H,5,7,11-17H2,1H3. The predicted octanol–water partition coefficient (Wildman–Crippen LogP) is 3.87. The van der Waals surface area contributed by atoms with Crippen molar-refractivity contribution in [3.63, 3.8) is 0 Å². The number of hydrogen-bond donors (Lipinski definition) is 0. The summed E-state index contributed by atoms with van der Waals surface area (Å²) >= 11 is 1.45. The van der Waals surface area contributed by atoms with E-state index in [2.05, 4.69) is 40.1 Å². The summed E-state index contributed by atoms with van der Waals surface area (Å²) in [5.41, 5.74) is 2.48. The van der Waals surface area contributed by atoms with Crippen LogP contribution in [0, 0.1) is 0 Å². The first-order valence-electron chi connectivity index (χ1n) is 9.99. The van der Waals surface area contributed by atoms with Crippen LogP contribution in [-0.4, -0.2) is 57.9 Å². The first kappa shape index (κ1) is 19.4. The van der Waals surface area contributed by atoms with Gasteiger partial charge in [-0.3, -0.25) is 4.90 Å². The Labute approximate surface area is 171 Å². The first-order chi connectivity index (χ1) is 13.8. The van der Waals surface area contributed by atoms with Crippen LogP contribution in [0.4, 0.5) is 5.69 Å². The monoisotopic (exact) mass is 400 g/mol. The van der Waals surface area contributed by atoms with E-state index in [0.29, 0.717) is 6.61 Å². The molecule has 0 aliphatic carbocycles. The Morgan fingerprint density at radius 1 is 1.04 bits per heavy atom. The molecule has 0 unspecified atom stereocenters. The molecule has 2 aliphatic rings. The lowest BCUT2D eigenvalue weighted by atomic mass is 10.1. The van der Waals surface area contributed by atoms with Gasteiger partial charge in [-0.2, -0.15) is 0 Å². The maximum atomic E-state index is 5.90. The fourth-order valence-electron chi connectivity index (χ4n) is 3.80. The smallest absolute Gasteiger partial charge is 0.142 e. The summed E-state index contributed by atoms with van der Waals surface area (Å²) in [6, 6.07) is 14.6. The number of anilines is 1. The molecule has 0 bridgehead atoms.